The molecule has 0 aromatic carbocycles. The Bertz CT molecular complexity index is 355. The van der Waals surface area contributed by atoms with E-state index in [-0.39, 0.29) is 6.10 Å². The van der Waals surface area contributed by atoms with Gasteiger partial charge in [-0.25, -0.2) is 0 Å². The zero-order valence-electron chi connectivity index (χ0n) is 6.96. The minimum absolute atomic E-state index is 0.289. The summed E-state index contributed by atoms with van der Waals surface area (Å²) in [6.07, 6.45) is 4.79. The molecule has 0 spiro atoms. The number of nitrogens with one attached hydrogen (secondary N) is 1. The average Bonchev–Trinajstić information content (AvgIpc) is 2.51. The quantitative estimate of drug-likeness (QED) is 0.684. The Morgan fingerprint density at radius 1 is 1.54 bits per heavy atom. The second kappa shape index (κ2) is 2.59. The lowest BCUT2D eigenvalue weighted by molar-refractivity contribution is 0.204. The molecular weight excluding hydrogens is 188 g/mol. The molecule has 3 heterocycles. The van der Waals surface area contributed by atoms with Crippen molar-refractivity contribution in [1.29, 1.82) is 0 Å². The SMILES string of the molecule is Clc1cncc2c1O[C@@H]1CN[C@H]2C1. The number of ether oxygens (including phenoxy) is 1. The molecule has 0 aliphatic carbocycles. The first-order valence-corrected chi connectivity index (χ1v) is 4.76. The maximum absolute atomic E-state index is 5.99. The van der Waals surface area contributed by atoms with Crippen molar-refractivity contribution >= 4 is 11.6 Å². The second-order valence-corrected chi connectivity index (χ2v) is 3.88. The van der Waals surface area contributed by atoms with E-state index in [1.54, 1.807) is 6.20 Å². The second-order valence-electron chi connectivity index (χ2n) is 3.48. The van der Waals surface area contributed by atoms with Gasteiger partial charge in [0.1, 0.15) is 16.9 Å². The zero-order valence-corrected chi connectivity index (χ0v) is 7.71. The van der Waals surface area contributed by atoms with Crippen LogP contribution >= 0.6 is 11.6 Å². The van der Waals surface area contributed by atoms with Crippen LogP contribution in [0.25, 0.3) is 0 Å². The van der Waals surface area contributed by atoms with Crippen molar-refractivity contribution < 1.29 is 4.74 Å². The van der Waals surface area contributed by atoms with Crippen LogP contribution in [0.1, 0.15) is 18.0 Å². The lowest BCUT2D eigenvalue weighted by atomic mass is 10.0. The number of hydrogen-bond acceptors (Lipinski definition) is 3. The van der Waals surface area contributed by atoms with Gasteiger partial charge in [0.15, 0.2) is 0 Å². The number of rotatable bonds is 0. The van der Waals surface area contributed by atoms with E-state index in [1.807, 2.05) is 6.20 Å². The van der Waals surface area contributed by atoms with Gasteiger partial charge in [-0.1, -0.05) is 11.6 Å². The predicted octanol–water partition coefficient (Wildman–Crippen LogP) is 1.53. The van der Waals surface area contributed by atoms with Crippen LogP contribution in [0.15, 0.2) is 12.4 Å². The lowest BCUT2D eigenvalue weighted by Crippen LogP contribution is -2.20. The van der Waals surface area contributed by atoms with E-state index >= 15 is 0 Å². The fourth-order valence-corrected chi connectivity index (χ4v) is 2.22. The number of nitrogens with zero attached hydrogens (tertiary/aromatic N) is 1. The summed E-state index contributed by atoms with van der Waals surface area (Å²) in [5.41, 5.74) is 1.10. The summed E-state index contributed by atoms with van der Waals surface area (Å²) in [5.74, 6) is 0.822. The highest BCUT2D eigenvalue weighted by molar-refractivity contribution is 6.32. The molecule has 2 bridgehead atoms. The highest BCUT2D eigenvalue weighted by Gasteiger charge is 2.35. The van der Waals surface area contributed by atoms with Crippen LogP contribution in [-0.2, 0) is 0 Å². The Morgan fingerprint density at radius 2 is 2.46 bits per heavy atom. The summed E-state index contributed by atoms with van der Waals surface area (Å²) in [7, 11) is 0. The largest absolute Gasteiger partial charge is 0.487 e. The Kier molecular flexibility index (Phi) is 1.51. The smallest absolute Gasteiger partial charge is 0.146 e. The molecule has 1 aromatic heterocycles. The normalized spacial score (nSPS) is 29.6. The molecule has 3 rings (SSSR count). The van der Waals surface area contributed by atoms with E-state index in [1.165, 1.54) is 0 Å². The summed E-state index contributed by atoms with van der Waals surface area (Å²) < 4.78 is 5.72. The fraction of sp³-hybridized carbons (Fsp3) is 0.444. The summed E-state index contributed by atoms with van der Waals surface area (Å²) in [4.78, 5) is 4.06. The predicted molar refractivity (Wildman–Crippen MR) is 49.0 cm³/mol. The zero-order chi connectivity index (χ0) is 8.84. The van der Waals surface area contributed by atoms with Gasteiger partial charge in [0.05, 0.1) is 0 Å². The van der Waals surface area contributed by atoms with Crippen LogP contribution < -0.4 is 10.1 Å². The Hall–Kier alpha value is -0.800. The lowest BCUT2D eigenvalue weighted by Gasteiger charge is -2.23. The first-order chi connectivity index (χ1) is 6.34. The van der Waals surface area contributed by atoms with Crippen LogP contribution in [0.5, 0.6) is 5.75 Å². The summed E-state index contributed by atoms with van der Waals surface area (Å²) in [6, 6.07) is 0.389. The van der Waals surface area contributed by atoms with Gasteiger partial charge in [-0.3, -0.25) is 4.98 Å². The third-order valence-corrected chi connectivity index (χ3v) is 2.90. The van der Waals surface area contributed by atoms with Gasteiger partial charge in [-0.15, -0.1) is 0 Å². The minimum atomic E-state index is 0.289. The van der Waals surface area contributed by atoms with Crippen molar-refractivity contribution in [3.63, 3.8) is 0 Å². The van der Waals surface area contributed by atoms with Crippen LogP contribution in [0, 0.1) is 0 Å². The van der Waals surface area contributed by atoms with E-state index in [2.05, 4.69) is 10.3 Å². The molecule has 3 nitrogen and oxygen atoms in total. The fourth-order valence-electron chi connectivity index (χ4n) is 2.01. The molecule has 68 valence electrons. The highest BCUT2D eigenvalue weighted by atomic mass is 35.5. The van der Waals surface area contributed by atoms with Crippen LogP contribution in [-0.4, -0.2) is 17.6 Å². The molecule has 4 heteroatoms. The average molecular weight is 197 g/mol. The first kappa shape index (κ1) is 7.59. The van der Waals surface area contributed by atoms with E-state index in [0.29, 0.717) is 11.1 Å². The third kappa shape index (κ3) is 1.04. The van der Waals surface area contributed by atoms with E-state index < -0.39 is 0 Å². The first-order valence-electron chi connectivity index (χ1n) is 4.38. The van der Waals surface area contributed by atoms with Crippen LogP contribution in [0.3, 0.4) is 0 Å². The molecule has 0 saturated carbocycles. The van der Waals surface area contributed by atoms with Crippen LogP contribution in [0.4, 0.5) is 0 Å². The topological polar surface area (TPSA) is 34.1 Å². The Balaban J connectivity index is 2.16. The molecular formula is C9H9ClN2O. The molecule has 0 amide bonds. The minimum Gasteiger partial charge on any atom is -0.487 e. The standard InChI is InChI=1S/C9H9ClN2O/c10-7-4-11-3-6-8-1-5(2-12-8)13-9(6)7/h3-5,8,12H,1-2H2/t5-,8-/m0/s1. The summed E-state index contributed by atoms with van der Waals surface area (Å²) in [5, 5.41) is 4.00. The van der Waals surface area contributed by atoms with E-state index in [4.69, 9.17) is 16.3 Å². The van der Waals surface area contributed by atoms with Crippen LogP contribution in [0.2, 0.25) is 5.02 Å². The molecule has 13 heavy (non-hydrogen) atoms. The van der Waals surface area contributed by atoms with Gasteiger partial charge < -0.3 is 10.1 Å². The molecule has 1 N–H and O–H groups in total. The molecule has 2 aliphatic heterocycles. The molecule has 0 radical (unpaired) electrons. The summed E-state index contributed by atoms with van der Waals surface area (Å²) in [6.45, 7) is 0.912. The van der Waals surface area contributed by atoms with Crippen molar-refractivity contribution in [2.24, 2.45) is 0 Å². The van der Waals surface area contributed by atoms with Gasteiger partial charge in [0.25, 0.3) is 0 Å². The monoisotopic (exact) mass is 196 g/mol. The number of halogens is 1. The molecule has 1 saturated heterocycles. The van der Waals surface area contributed by atoms with Crippen molar-refractivity contribution in [2.45, 2.75) is 18.6 Å². The third-order valence-electron chi connectivity index (χ3n) is 2.63. The van der Waals surface area contributed by atoms with Crippen molar-refractivity contribution in [3.8, 4) is 5.75 Å². The van der Waals surface area contributed by atoms with Gasteiger partial charge in [-0.2, -0.15) is 0 Å². The van der Waals surface area contributed by atoms with Crippen molar-refractivity contribution in [2.75, 3.05) is 6.54 Å². The van der Waals surface area contributed by atoms with Gasteiger partial charge in [-0.05, 0) is 0 Å². The Labute approximate surface area is 81.1 Å². The van der Waals surface area contributed by atoms with Crippen molar-refractivity contribution in [3.05, 3.63) is 23.0 Å². The molecule has 0 unspecified atom stereocenters. The highest BCUT2D eigenvalue weighted by Crippen LogP contribution is 2.41. The number of pyridine rings is 1. The van der Waals surface area contributed by atoms with E-state index in [0.717, 1.165) is 24.3 Å². The van der Waals surface area contributed by atoms with Gasteiger partial charge in [0, 0.05) is 37.0 Å². The molecule has 2 aliphatic rings. The van der Waals surface area contributed by atoms with Gasteiger partial charge >= 0.3 is 0 Å². The number of aromatic nitrogens is 1. The van der Waals surface area contributed by atoms with Gasteiger partial charge in [0.2, 0.25) is 0 Å². The molecule has 1 aromatic rings. The summed E-state index contributed by atoms with van der Waals surface area (Å²) >= 11 is 5.99. The molecule has 2 atom stereocenters. The van der Waals surface area contributed by atoms with E-state index in [9.17, 15) is 0 Å². The number of fused-ring (bicyclic) bond motifs is 4. The Morgan fingerprint density at radius 3 is 3.38 bits per heavy atom. The van der Waals surface area contributed by atoms with Crippen molar-refractivity contribution in [1.82, 2.24) is 10.3 Å². The maximum atomic E-state index is 5.99. The maximum Gasteiger partial charge on any atom is 0.146 e. The number of hydrogen-bond donors (Lipinski definition) is 1. The molecule has 1 fully saturated rings.